The molecule has 0 bridgehead atoms. The van der Waals surface area contributed by atoms with Gasteiger partial charge in [0.15, 0.2) is 6.10 Å². The number of benzene rings is 2. The molecule has 2 aromatic carbocycles. The number of hydrogen-bond donors (Lipinski definition) is 1. The van der Waals surface area contributed by atoms with Gasteiger partial charge in [-0.1, -0.05) is 6.92 Å². The second-order valence-corrected chi connectivity index (χ2v) is 8.53. The first-order valence-electron chi connectivity index (χ1n) is 9.23. The van der Waals surface area contributed by atoms with Crippen LogP contribution in [0.1, 0.15) is 26.2 Å². The summed E-state index contributed by atoms with van der Waals surface area (Å²) < 4.78 is 45.2. The van der Waals surface area contributed by atoms with Crippen molar-refractivity contribution in [2.24, 2.45) is 0 Å². The van der Waals surface area contributed by atoms with Gasteiger partial charge in [0, 0.05) is 18.8 Å². The number of nitrogens with one attached hydrogen (secondary N) is 1. The van der Waals surface area contributed by atoms with Gasteiger partial charge in [0.25, 0.3) is 5.91 Å². The van der Waals surface area contributed by atoms with Gasteiger partial charge in [-0.2, -0.15) is 4.31 Å². The Hall–Kier alpha value is -2.45. The maximum absolute atomic E-state index is 13.0. The van der Waals surface area contributed by atoms with E-state index >= 15 is 0 Å². The highest BCUT2D eigenvalue weighted by molar-refractivity contribution is 7.89. The lowest BCUT2D eigenvalue weighted by Crippen LogP contribution is -2.32. The second kappa shape index (κ2) is 8.70. The van der Waals surface area contributed by atoms with Crippen molar-refractivity contribution in [2.75, 3.05) is 18.4 Å². The minimum absolute atomic E-state index is 0.210. The summed E-state index contributed by atoms with van der Waals surface area (Å²) in [5.41, 5.74) is 0.478. The second-order valence-electron chi connectivity index (χ2n) is 6.59. The largest absolute Gasteiger partial charge is 0.481 e. The van der Waals surface area contributed by atoms with E-state index in [9.17, 15) is 17.6 Å². The minimum atomic E-state index is -3.48. The Bertz CT molecular complexity index is 908. The lowest BCUT2D eigenvalue weighted by atomic mass is 10.2. The number of nitrogens with zero attached hydrogens (tertiary/aromatic N) is 1. The molecule has 28 heavy (non-hydrogen) atoms. The van der Waals surface area contributed by atoms with E-state index in [-0.39, 0.29) is 16.6 Å². The highest BCUT2D eigenvalue weighted by Crippen LogP contribution is 2.22. The zero-order chi connectivity index (χ0) is 20.1. The van der Waals surface area contributed by atoms with Crippen LogP contribution in [0.4, 0.5) is 10.1 Å². The summed E-state index contributed by atoms with van der Waals surface area (Å²) in [6.45, 7) is 2.89. The standard InChI is InChI=1S/C20H23FN2O4S/c1-2-19(27-17-9-5-15(21)6-10-17)20(24)22-16-7-11-18(12-8-16)28(25,26)23-13-3-4-14-23/h5-12,19H,2-4,13-14H2,1H3,(H,22,24). The SMILES string of the molecule is CCC(Oc1ccc(F)cc1)C(=O)Nc1ccc(S(=O)(=O)N2CCCC2)cc1. The van der Waals surface area contributed by atoms with E-state index in [4.69, 9.17) is 4.74 Å². The smallest absolute Gasteiger partial charge is 0.265 e. The van der Waals surface area contributed by atoms with Crippen molar-refractivity contribution in [3.05, 3.63) is 54.3 Å². The van der Waals surface area contributed by atoms with Crippen molar-refractivity contribution in [1.82, 2.24) is 4.31 Å². The Labute approximate surface area is 164 Å². The Kier molecular flexibility index (Phi) is 6.31. The van der Waals surface area contributed by atoms with E-state index < -0.39 is 16.1 Å². The first kappa shape index (κ1) is 20.3. The molecule has 2 aromatic rings. The van der Waals surface area contributed by atoms with Crippen LogP contribution in [0.3, 0.4) is 0 Å². The number of hydrogen-bond acceptors (Lipinski definition) is 4. The van der Waals surface area contributed by atoms with Crippen molar-refractivity contribution in [3.63, 3.8) is 0 Å². The molecule has 1 atom stereocenters. The first-order chi connectivity index (χ1) is 13.4. The van der Waals surface area contributed by atoms with Crippen LogP contribution >= 0.6 is 0 Å². The number of halogens is 1. The van der Waals surface area contributed by atoms with Crippen molar-refractivity contribution in [2.45, 2.75) is 37.2 Å². The van der Waals surface area contributed by atoms with E-state index in [2.05, 4.69) is 5.32 Å². The van der Waals surface area contributed by atoms with E-state index in [0.717, 1.165) is 12.8 Å². The van der Waals surface area contributed by atoms with Gasteiger partial charge in [-0.25, -0.2) is 12.8 Å². The van der Waals surface area contributed by atoms with Gasteiger partial charge in [-0.3, -0.25) is 4.79 Å². The summed E-state index contributed by atoms with van der Waals surface area (Å²) in [5, 5.41) is 2.73. The molecular formula is C20H23FN2O4S. The van der Waals surface area contributed by atoms with Crippen LogP contribution in [0.5, 0.6) is 5.75 Å². The fraction of sp³-hybridized carbons (Fsp3) is 0.350. The van der Waals surface area contributed by atoms with Crippen molar-refractivity contribution in [1.29, 1.82) is 0 Å². The monoisotopic (exact) mass is 406 g/mol. The van der Waals surface area contributed by atoms with Gasteiger partial charge in [0.2, 0.25) is 10.0 Å². The zero-order valence-electron chi connectivity index (χ0n) is 15.6. The molecular weight excluding hydrogens is 383 g/mol. The quantitative estimate of drug-likeness (QED) is 0.765. The van der Waals surface area contributed by atoms with Crippen LogP contribution in [0.25, 0.3) is 0 Å². The molecule has 0 aliphatic carbocycles. The zero-order valence-corrected chi connectivity index (χ0v) is 16.4. The number of anilines is 1. The molecule has 0 saturated carbocycles. The molecule has 0 spiro atoms. The number of rotatable bonds is 7. The van der Waals surface area contributed by atoms with E-state index in [1.807, 2.05) is 0 Å². The molecule has 1 fully saturated rings. The molecule has 1 unspecified atom stereocenters. The predicted molar refractivity (Wildman–Crippen MR) is 104 cm³/mol. The Morgan fingerprint density at radius 1 is 1.11 bits per heavy atom. The van der Waals surface area contributed by atoms with E-state index in [1.54, 1.807) is 19.1 Å². The minimum Gasteiger partial charge on any atom is -0.481 e. The summed E-state index contributed by atoms with van der Waals surface area (Å²) in [6, 6.07) is 11.6. The molecule has 1 aliphatic heterocycles. The molecule has 1 amide bonds. The van der Waals surface area contributed by atoms with Crippen molar-refractivity contribution < 1.29 is 22.3 Å². The van der Waals surface area contributed by atoms with E-state index in [0.29, 0.717) is 30.9 Å². The molecule has 1 N–H and O–H groups in total. The third-order valence-corrected chi connectivity index (χ3v) is 6.49. The molecule has 8 heteroatoms. The van der Waals surface area contributed by atoms with Gasteiger partial charge < -0.3 is 10.1 Å². The van der Waals surface area contributed by atoms with Crippen molar-refractivity contribution >= 4 is 21.6 Å². The van der Waals surface area contributed by atoms with E-state index in [1.165, 1.54) is 40.7 Å². The van der Waals surface area contributed by atoms with Gasteiger partial charge in [-0.15, -0.1) is 0 Å². The number of sulfonamides is 1. The Morgan fingerprint density at radius 2 is 1.71 bits per heavy atom. The first-order valence-corrected chi connectivity index (χ1v) is 10.7. The van der Waals surface area contributed by atoms with Gasteiger partial charge in [0.05, 0.1) is 4.90 Å². The Morgan fingerprint density at radius 3 is 2.29 bits per heavy atom. The Balaban J connectivity index is 1.65. The third-order valence-electron chi connectivity index (χ3n) is 4.58. The molecule has 150 valence electrons. The summed E-state index contributed by atoms with van der Waals surface area (Å²) in [5.74, 6) is -0.341. The third kappa shape index (κ3) is 4.69. The lowest BCUT2D eigenvalue weighted by molar-refractivity contribution is -0.122. The number of carbonyl (C=O) groups is 1. The number of amides is 1. The maximum Gasteiger partial charge on any atom is 0.265 e. The van der Waals surface area contributed by atoms with Crippen LogP contribution < -0.4 is 10.1 Å². The summed E-state index contributed by atoms with van der Waals surface area (Å²) in [4.78, 5) is 12.7. The van der Waals surface area contributed by atoms with Crippen LogP contribution in [0.2, 0.25) is 0 Å². The normalized spacial score (nSPS) is 15.9. The molecule has 0 aromatic heterocycles. The molecule has 1 aliphatic rings. The molecule has 1 saturated heterocycles. The summed E-state index contributed by atoms with van der Waals surface area (Å²) >= 11 is 0. The van der Waals surface area contributed by atoms with Gasteiger partial charge in [0.1, 0.15) is 11.6 Å². The summed E-state index contributed by atoms with van der Waals surface area (Å²) in [7, 11) is -3.48. The molecule has 1 heterocycles. The predicted octanol–water partition coefficient (Wildman–Crippen LogP) is 3.41. The van der Waals surface area contributed by atoms with Crippen LogP contribution in [0.15, 0.2) is 53.4 Å². The van der Waals surface area contributed by atoms with Crippen molar-refractivity contribution in [3.8, 4) is 5.75 Å². The fourth-order valence-electron chi connectivity index (χ4n) is 3.01. The van der Waals surface area contributed by atoms with Gasteiger partial charge >= 0.3 is 0 Å². The van der Waals surface area contributed by atoms with Gasteiger partial charge in [-0.05, 0) is 67.8 Å². The lowest BCUT2D eigenvalue weighted by Gasteiger charge is -2.18. The number of ether oxygens (including phenoxy) is 1. The van der Waals surface area contributed by atoms with Crippen LogP contribution in [0, 0.1) is 5.82 Å². The average Bonchev–Trinajstić information content (AvgIpc) is 3.23. The number of carbonyl (C=O) groups excluding carboxylic acids is 1. The highest BCUT2D eigenvalue weighted by atomic mass is 32.2. The average molecular weight is 406 g/mol. The fourth-order valence-corrected chi connectivity index (χ4v) is 4.53. The maximum atomic E-state index is 13.0. The summed E-state index contributed by atoms with van der Waals surface area (Å²) in [6.07, 6.45) is 1.42. The van der Waals surface area contributed by atoms with Crippen LogP contribution in [-0.4, -0.2) is 37.8 Å². The highest BCUT2D eigenvalue weighted by Gasteiger charge is 2.27. The molecule has 3 rings (SSSR count). The molecule has 0 radical (unpaired) electrons. The topological polar surface area (TPSA) is 75.7 Å². The molecule has 6 nitrogen and oxygen atoms in total. The van der Waals surface area contributed by atoms with Crippen LogP contribution in [-0.2, 0) is 14.8 Å².